The molecule has 0 unspecified atom stereocenters. The lowest BCUT2D eigenvalue weighted by atomic mass is 9.95. The molecular formula is C20H20N4O3. The molecule has 0 radical (unpaired) electrons. The third-order valence-corrected chi connectivity index (χ3v) is 4.96. The maximum absolute atomic E-state index is 13.2. The fraction of sp³-hybridized carbons (Fsp3) is 0.300. The number of carbonyl (C=O) groups is 2. The Morgan fingerprint density at radius 3 is 2.85 bits per heavy atom. The Kier molecular flexibility index (Phi) is 4.35. The average molecular weight is 364 g/mol. The number of ether oxygens (including phenoxy) is 1. The van der Waals surface area contributed by atoms with E-state index < -0.39 is 0 Å². The van der Waals surface area contributed by atoms with Crippen LogP contribution in [-0.4, -0.2) is 40.5 Å². The molecule has 0 bridgehead atoms. The molecule has 0 atom stereocenters. The van der Waals surface area contributed by atoms with Crippen molar-refractivity contribution in [1.29, 1.82) is 0 Å². The summed E-state index contributed by atoms with van der Waals surface area (Å²) in [5.74, 6) is -0.482. The Morgan fingerprint density at radius 1 is 1.22 bits per heavy atom. The van der Waals surface area contributed by atoms with Crippen molar-refractivity contribution in [3.63, 3.8) is 0 Å². The van der Waals surface area contributed by atoms with Crippen molar-refractivity contribution in [2.75, 3.05) is 18.6 Å². The highest BCUT2D eigenvalue weighted by atomic mass is 16.5. The number of hydrogen-bond acceptors (Lipinski definition) is 5. The highest BCUT2D eigenvalue weighted by Crippen LogP contribution is 2.31. The van der Waals surface area contributed by atoms with Crippen molar-refractivity contribution >= 4 is 28.6 Å². The molecule has 0 N–H and O–H groups in total. The molecule has 0 saturated carbocycles. The quantitative estimate of drug-likeness (QED) is 0.668. The first kappa shape index (κ1) is 17.2. The Balaban J connectivity index is 1.73. The number of amides is 1. The third-order valence-electron chi connectivity index (χ3n) is 4.96. The lowest BCUT2D eigenvalue weighted by molar-refractivity contribution is 0.0599. The highest BCUT2D eigenvalue weighted by Gasteiger charge is 2.27. The van der Waals surface area contributed by atoms with Crippen LogP contribution in [0.5, 0.6) is 0 Å². The zero-order valence-corrected chi connectivity index (χ0v) is 15.3. The zero-order chi connectivity index (χ0) is 19.0. The number of carbonyl (C=O) groups excluding carboxylic acids is 2. The van der Waals surface area contributed by atoms with Crippen molar-refractivity contribution < 1.29 is 14.3 Å². The molecule has 3 aromatic rings. The SMILES string of the molecule is CCn1nnc2cc(C(=O)N3CCCc4c(C(=O)OC)cccc43)ccc21. The smallest absolute Gasteiger partial charge is 0.338 e. The normalized spacial score (nSPS) is 13.5. The number of esters is 1. The van der Waals surface area contributed by atoms with E-state index >= 15 is 0 Å². The Labute approximate surface area is 156 Å². The molecular weight excluding hydrogens is 344 g/mol. The van der Waals surface area contributed by atoms with Gasteiger partial charge in [-0.3, -0.25) is 4.79 Å². The van der Waals surface area contributed by atoms with Gasteiger partial charge in [-0.1, -0.05) is 11.3 Å². The number of rotatable bonds is 3. The van der Waals surface area contributed by atoms with Crippen LogP contribution in [0.15, 0.2) is 36.4 Å². The van der Waals surface area contributed by atoms with E-state index in [0.29, 0.717) is 23.2 Å². The second-order valence-electron chi connectivity index (χ2n) is 6.46. The number of methoxy groups -OCH3 is 1. The number of benzene rings is 2. The monoisotopic (exact) mass is 364 g/mol. The van der Waals surface area contributed by atoms with Crippen LogP contribution in [0.4, 0.5) is 5.69 Å². The van der Waals surface area contributed by atoms with E-state index in [9.17, 15) is 9.59 Å². The van der Waals surface area contributed by atoms with E-state index in [1.54, 1.807) is 33.8 Å². The summed E-state index contributed by atoms with van der Waals surface area (Å²) in [7, 11) is 1.37. The van der Waals surface area contributed by atoms with E-state index in [-0.39, 0.29) is 11.9 Å². The molecule has 1 amide bonds. The van der Waals surface area contributed by atoms with Crippen molar-refractivity contribution in [2.24, 2.45) is 0 Å². The third kappa shape index (κ3) is 2.85. The minimum Gasteiger partial charge on any atom is -0.465 e. The number of anilines is 1. The predicted octanol–water partition coefficient (Wildman–Crippen LogP) is 2.83. The molecule has 0 fully saturated rings. The summed E-state index contributed by atoms with van der Waals surface area (Å²) in [5, 5.41) is 8.24. The van der Waals surface area contributed by atoms with E-state index in [2.05, 4.69) is 10.3 Å². The Hall–Kier alpha value is -3.22. The van der Waals surface area contributed by atoms with Gasteiger partial charge in [0.25, 0.3) is 5.91 Å². The van der Waals surface area contributed by atoms with Gasteiger partial charge in [0.05, 0.1) is 18.2 Å². The molecule has 1 aromatic heterocycles. The van der Waals surface area contributed by atoms with Gasteiger partial charge in [-0.25, -0.2) is 9.48 Å². The van der Waals surface area contributed by atoms with Gasteiger partial charge in [0.1, 0.15) is 5.52 Å². The molecule has 27 heavy (non-hydrogen) atoms. The fourth-order valence-corrected chi connectivity index (χ4v) is 3.63. The van der Waals surface area contributed by atoms with E-state index in [1.165, 1.54) is 7.11 Å². The van der Waals surface area contributed by atoms with E-state index in [0.717, 1.165) is 36.2 Å². The predicted molar refractivity (Wildman–Crippen MR) is 101 cm³/mol. The average Bonchev–Trinajstić information content (AvgIpc) is 3.14. The van der Waals surface area contributed by atoms with Crippen LogP contribution < -0.4 is 4.90 Å². The van der Waals surface area contributed by atoms with Gasteiger partial charge in [-0.05, 0) is 55.7 Å². The Morgan fingerprint density at radius 2 is 2.07 bits per heavy atom. The summed E-state index contributed by atoms with van der Waals surface area (Å²) in [5.41, 5.74) is 4.31. The van der Waals surface area contributed by atoms with Crippen molar-refractivity contribution in [3.8, 4) is 0 Å². The van der Waals surface area contributed by atoms with Crippen LogP contribution in [-0.2, 0) is 17.7 Å². The van der Waals surface area contributed by atoms with E-state index in [1.807, 2.05) is 19.1 Å². The molecule has 4 rings (SSSR count). The molecule has 1 aliphatic rings. The van der Waals surface area contributed by atoms with Crippen LogP contribution in [0, 0.1) is 0 Å². The first-order valence-electron chi connectivity index (χ1n) is 8.99. The number of aromatic nitrogens is 3. The van der Waals surface area contributed by atoms with Gasteiger partial charge in [-0.2, -0.15) is 0 Å². The molecule has 1 aliphatic heterocycles. The Bertz CT molecular complexity index is 1040. The summed E-state index contributed by atoms with van der Waals surface area (Å²) >= 11 is 0. The van der Waals surface area contributed by atoms with Gasteiger partial charge in [-0.15, -0.1) is 5.10 Å². The first-order valence-corrected chi connectivity index (χ1v) is 8.99. The maximum Gasteiger partial charge on any atom is 0.338 e. The largest absolute Gasteiger partial charge is 0.465 e. The minimum absolute atomic E-state index is 0.106. The summed E-state index contributed by atoms with van der Waals surface area (Å²) < 4.78 is 6.68. The van der Waals surface area contributed by atoms with Crippen molar-refractivity contribution in [3.05, 3.63) is 53.1 Å². The topological polar surface area (TPSA) is 77.3 Å². The first-order chi connectivity index (χ1) is 13.1. The van der Waals surface area contributed by atoms with Gasteiger partial charge in [0.2, 0.25) is 0 Å². The lowest BCUT2D eigenvalue weighted by Crippen LogP contribution is -2.36. The molecule has 7 heteroatoms. The number of nitrogens with zero attached hydrogens (tertiary/aromatic N) is 4. The summed E-state index contributed by atoms with van der Waals surface area (Å²) in [6, 6.07) is 10.9. The second-order valence-corrected chi connectivity index (χ2v) is 6.46. The van der Waals surface area contributed by atoms with Gasteiger partial charge >= 0.3 is 5.97 Å². The highest BCUT2D eigenvalue weighted by molar-refractivity contribution is 6.09. The molecule has 138 valence electrons. The molecule has 2 aromatic carbocycles. The number of aryl methyl sites for hydroxylation is 1. The molecule has 2 heterocycles. The number of fused-ring (bicyclic) bond motifs is 2. The van der Waals surface area contributed by atoms with Gasteiger partial charge < -0.3 is 9.64 Å². The molecule has 0 saturated heterocycles. The van der Waals surface area contributed by atoms with Crippen LogP contribution >= 0.6 is 0 Å². The van der Waals surface area contributed by atoms with Crippen molar-refractivity contribution in [2.45, 2.75) is 26.3 Å². The summed E-state index contributed by atoms with van der Waals surface area (Å²) in [6.07, 6.45) is 1.54. The minimum atomic E-state index is -0.376. The van der Waals surface area contributed by atoms with Crippen LogP contribution in [0.25, 0.3) is 11.0 Å². The molecule has 7 nitrogen and oxygen atoms in total. The zero-order valence-electron chi connectivity index (χ0n) is 15.3. The standard InChI is InChI=1S/C20H20N4O3/c1-3-24-18-10-9-13(12-16(18)21-22-24)19(25)23-11-5-7-14-15(20(26)27-2)6-4-8-17(14)23/h4,6,8-10,12H,3,5,7,11H2,1-2H3. The summed E-state index contributed by atoms with van der Waals surface area (Å²) in [6.45, 7) is 3.33. The van der Waals surface area contributed by atoms with Gasteiger partial charge in [0.15, 0.2) is 0 Å². The molecule has 0 spiro atoms. The second kappa shape index (κ2) is 6.83. The van der Waals surface area contributed by atoms with Crippen LogP contribution in [0.2, 0.25) is 0 Å². The van der Waals surface area contributed by atoms with Crippen molar-refractivity contribution in [1.82, 2.24) is 15.0 Å². The van der Waals surface area contributed by atoms with Crippen LogP contribution in [0.1, 0.15) is 39.6 Å². The maximum atomic E-state index is 13.2. The fourth-order valence-electron chi connectivity index (χ4n) is 3.63. The van der Waals surface area contributed by atoms with E-state index in [4.69, 9.17) is 4.74 Å². The van der Waals surface area contributed by atoms with Gasteiger partial charge in [0, 0.05) is 24.3 Å². The van der Waals surface area contributed by atoms with Crippen LogP contribution in [0.3, 0.4) is 0 Å². The lowest BCUT2D eigenvalue weighted by Gasteiger charge is -2.30. The number of hydrogen-bond donors (Lipinski definition) is 0. The summed E-state index contributed by atoms with van der Waals surface area (Å²) in [4.78, 5) is 27.0. The molecule has 0 aliphatic carbocycles.